The van der Waals surface area contributed by atoms with E-state index in [0.29, 0.717) is 26.0 Å². The minimum atomic E-state index is -0.792. The highest BCUT2D eigenvalue weighted by atomic mass is 19.1. The number of rotatable bonds is 2. The summed E-state index contributed by atoms with van der Waals surface area (Å²) in [5.41, 5.74) is 8.46. The first-order chi connectivity index (χ1) is 13.0. The number of carbonyl (C=O) groups excluding carboxylic acids is 1. The highest BCUT2D eigenvalue weighted by molar-refractivity contribution is 5.87. The van der Waals surface area contributed by atoms with Crippen LogP contribution in [0.5, 0.6) is 0 Å². The predicted octanol–water partition coefficient (Wildman–Crippen LogP) is 2.95. The summed E-state index contributed by atoms with van der Waals surface area (Å²) in [6, 6.07) is 14.4. The molecule has 1 saturated heterocycles. The monoisotopic (exact) mass is 366 g/mol. The van der Waals surface area contributed by atoms with Gasteiger partial charge in [-0.1, -0.05) is 36.4 Å². The number of halogens is 1. The summed E-state index contributed by atoms with van der Waals surface area (Å²) in [6.45, 7) is 1.07. The van der Waals surface area contributed by atoms with Crippen molar-refractivity contribution in [3.05, 3.63) is 71.0 Å². The van der Waals surface area contributed by atoms with Crippen LogP contribution in [-0.4, -0.2) is 35.1 Å². The maximum absolute atomic E-state index is 13.7. The Labute approximate surface area is 158 Å². The Balaban J connectivity index is 1.57. The predicted molar refractivity (Wildman–Crippen MR) is 99.6 cm³/mol. The van der Waals surface area contributed by atoms with Gasteiger partial charge >= 0.3 is 0 Å². The second-order valence-corrected chi connectivity index (χ2v) is 8.22. The summed E-state index contributed by atoms with van der Waals surface area (Å²) in [5.74, 6) is -0.252. The topological polar surface area (TPSA) is 55.6 Å². The largest absolute Gasteiger partial charge is 0.363 e. The van der Waals surface area contributed by atoms with Gasteiger partial charge in [-0.05, 0) is 48.1 Å². The standard InChI is InChI=1S/C22H23FN2O2/c23-17-7-5-16(6-8-17)19-18-4-2-1-3-15(18)9-12-25(19)20(26)22-11-10-21(24,13-22)14-27-22/h1-8,19H,9-14,24H2/t19-,21?,22?/m0/s1. The third-order valence-electron chi connectivity index (χ3n) is 6.42. The van der Waals surface area contributed by atoms with Gasteiger partial charge in [0.05, 0.1) is 12.6 Å². The van der Waals surface area contributed by atoms with E-state index in [-0.39, 0.29) is 23.3 Å². The molecule has 2 bridgehead atoms. The van der Waals surface area contributed by atoms with Crippen LogP contribution in [0.2, 0.25) is 0 Å². The molecule has 0 radical (unpaired) electrons. The lowest BCUT2D eigenvalue weighted by atomic mass is 9.86. The number of amides is 1. The van der Waals surface area contributed by atoms with Gasteiger partial charge in [0.15, 0.2) is 0 Å². The summed E-state index contributed by atoms with van der Waals surface area (Å²) in [7, 11) is 0. The van der Waals surface area contributed by atoms with E-state index in [1.54, 1.807) is 12.1 Å². The Morgan fingerprint density at radius 1 is 1.15 bits per heavy atom. The maximum atomic E-state index is 13.7. The number of nitrogens with two attached hydrogens (primary N) is 1. The van der Waals surface area contributed by atoms with Gasteiger partial charge in [0, 0.05) is 18.5 Å². The summed E-state index contributed by atoms with van der Waals surface area (Å²) < 4.78 is 19.5. The van der Waals surface area contributed by atoms with Crippen LogP contribution in [-0.2, 0) is 16.0 Å². The first kappa shape index (κ1) is 16.9. The van der Waals surface area contributed by atoms with E-state index in [4.69, 9.17) is 10.5 Å². The van der Waals surface area contributed by atoms with Crippen LogP contribution in [0.3, 0.4) is 0 Å². The zero-order valence-corrected chi connectivity index (χ0v) is 15.2. The fourth-order valence-electron chi connectivity index (χ4n) is 5.02. The minimum absolute atomic E-state index is 0.0242. The zero-order valence-electron chi connectivity index (χ0n) is 15.2. The second kappa shape index (κ2) is 5.88. The molecule has 1 amide bonds. The Bertz CT molecular complexity index is 887. The molecule has 3 aliphatic rings. The van der Waals surface area contributed by atoms with E-state index in [0.717, 1.165) is 24.0 Å². The van der Waals surface area contributed by atoms with Crippen molar-refractivity contribution in [3.8, 4) is 0 Å². The van der Waals surface area contributed by atoms with Gasteiger partial charge in [-0.3, -0.25) is 4.79 Å². The molecular weight excluding hydrogens is 343 g/mol. The Kier molecular flexibility index (Phi) is 3.68. The van der Waals surface area contributed by atoms with Crippen molar-refractivity contribution in [1.29, 1.82) is 0 Å². The first-order valence-electron chi connectivity index (χ1n) is 9.57. The fraction of sp³-hybridized carbons (Fsp3) is 0.409. The summed E-state index contributed by atoms with van der Waals surface area (Å²) in [6.07, 6.45) is 2.90. The molecule has 2 heterocycles. The normalized spacial score (nSPS) is 31.8. The molecule has 2 aromatic carbocycles. The third-order valence-corrected chi connectivity index (χ3v) is 6.42. The number of hydrogen-bond acceptors (Lipinski definition) is 3. The lowest BCUT2D eigenvalue weighted by molar-refractivity contribution is -0.156. The molecule has 5 heteroatoms. The Hall–Kier alpha value is -2.24. The molecule has 0 spiro atoms. The number of ether oxygens (including phenoxy) is 1. The fourth-order valence-corrected chi connectivity index (χ4v) is 5.02. The van der Waals surface area contributed by atoms with Gasteiger partial charge in [0.1, 0.15) is 11.4 Å². The molecular formula is C22H23FN2O2. The number of hydrogen-bond donors (Lipinski definition) is 1. The zero-order chi connectivity index (χ0) is 18.6. The quantitative estimate of drug-likeness (QED) is 0.889. The molecule has 2 fully saturated rings. The van der Waals surface area contributed by atoms with Gasteiger partial charge in [-0.2, -0.15) is 0 Å². The number of fused-ring (bicyclic) bond motifs is 3. The molecule has 4 nitrogen and oxygen atoms in total. The van der Waals surface area contributed by atoms with Crippen molar-refractivity contribution in [3.63, 3.8) is 0 Å². The van der Waals surface area contributed by atoms with E-state index in [1.165, 1.54) is 17.7 Å². The van der Waals surface area contributed by atoms with Crippen LogP contribution in [0.4, 0.5) is 4.39 Å². The molecule has 140 valence electrons. The van der Waals surface area contributed by atoms with Crippen LogP contribution < -0.4 is 5.73 Å². The van der Waals surface area contributed by atoms with Crippen molar-refractivity contribution in [2.75, 3.05) is 13.2 Å². The molecule has 27 heavy (non-hydrogen) atoms. The van der Waals surface area contributed by atoms with Gasteiger partial charge in [0.2, 0.25) is 0 Å². The van der Waals surface area contributed by atoms with E-state index < -0.39 is 5.60 Å². The molecule has 1 aliphatic carbocycles. The van der Waals surface area contributed by atoms with Crippen molar-refractivity contribution >= 4 is 5.91 Å². The van der Waals surface area contributed by atoms with Crippen LogP contribution in [0.1, 0.15) is 42.0 Å². The molecule has 2 aromatic rings. The van der Waals surface area contributed by atoms with Gasteiger partial charge in [-0.25, -0.2) is 4.39 Å². The van der Waals surface area contributed by atoms with Crippen molar-refractivity contribution < 1.29 is 13.9 Å². The van der Waals surface area contributed by atoms with E-state index in [2.05, 4.69) is 12.1 Å². The average Bonchev–Trinajstić information content (AvgIpc) is 3.22. The van der Waals surface area contributed by atoms with Gasteiger partial charge < -0.3 is 15.4 Å². The molecule has 2 aliphatic heterocycles. The number of nitrogens with zero attached hydrogens (tertiary/aromatic N) is 1. The van der Waals surface area contributed by atoms with Crippen LogP contribution in [0.25, 0.3) is 0 Å². The third kappa shape index (κ3) is 2.60. The Morgan fingerprint density at radius 3 is 2.59 bits per heavy atom. The minimum Gasteiger partial charge on any atom is -0.363 e. The van der Waals surface area contributed by atoms with Crippen LogP contribution >= 0.6 is 0 Å². The van der Waals surface area contributed by atoms with Crippen molar-refractivity contribution in [2.24, 2.45) is 5.73 Å². The lowest BCUT2D eigenvalue weighted by Crippen LogP contribution is -2.51. The SMILES string of the molecule is NC12CCC(C(=O)N3CCc4ccccc4[C@@H]3c3ccc(F)cc3)(C1)OC2. The molecule has 3 atom stereocenters. The molecule has 5 rings (SSSR count). The van der Waals surface area contributed by atoms with Crippen molar-refractivity contribution in [1.82, 2.24) is 4.90 Å². The van der Waals surface area contributed by atoms with Crippen LogP contribution in [0.15, 0.2) is 48.5 Å². The molecule has 1 saturated carbocycles. The number of carbonyl (C=O) groups is 1. The average molecular weight is 366 g/mol. The second-order valence-electron chi connectivity index (χ2n) is 8.22. The van der Waals surface area contributed by atoms with Gasteiger partial charge in [-0.15, -0.1) is 0 Å². The Morgan fingerprint density at radius 2 is 1.93 bits per heavy atom. The van der Waals surface area contributed by atoms with E-state index in [1.807, 2.05) is 17.0 Å². The number of benzene rings is 2. The van der Waals surface area contributed by atoms with Crippen LogP contribution in [0, 0.1) is 5.82 Å². The molecule has 2 unspecified atom stereocenters. The molecule has 0 aromatic heterocycles. The summed E-state index contributed by atoms with van der Waals surface area (Å²) in [4.78, 5) is 15.6. The highest BCUT2D eigenvalue weighted by Gasteiger charge is 2.59. The lowest BCUT2D eigenvalue weighted by Gasteiger charge is -2.41. The maximum Gasteiger partial charge on any atom is 0.255 e. The van der Waals surface area contributed by atoms with E-state index in [9.17, 15) is 9.18 Å². The summed E-state index contributed by atoms with van der Waals surface area (Å²) >= 11 is 0. The van der Waals surface area contributed by atoms with Gasteiger partial charge in [0.25, 0.3) is 5.91 Å². The smallest absolute Gasteiger partial charge is 0.255 e. The first-order valence-corrected chi connectivity index (χ1v) is 9.57. The highest BCUT2D eigenvalue weighted by Crippen LogP contribution is 2.48. The van der Waals surface area contributed by atoms with Crippen molar-refractivity contribution in [2.45, 2.75) is 42.9 Å². The summed E-state index contributed by atoms with van der Waals surface area (Å²) in [5, 5.41) is 0. The van der Waals surface area contributed by atoms with E-state index >= 15 is 0 Å². The molecule has 2 N–H and O–H groups in total.